The van der Waals surface area contributed by atoms with E-state index in [1.807, 2.05) is 19.1 Å². The Morgan fingerprint density at radius 2 is 2.00 bits per heavy atom. The van der Waals surface area contributed by atoms with Crippen LogP contribution >= 0.6 is 11.6 Å². The molecule has 3 nitrogen and oxygen atoms in total. The molecule has 2 N–H and O–H groups in total. The molecule has 2 aromatic carbocycles. The van der Waals surface area contributed by atoms with Gasteiger partial charge >= 0.3 is 0 Å². The van der Waals surface area contributed by atoms with Crippen LogP contribution in [0.5, 0.6) is 0 Å². The summed E-state index contributed by atoms with van der Waals surface area (Å²) in [6.07, 6.45) is 0. The average Bonchev–Trinajstić information content (AvgIpc) is 2.50. The highest BCUT2D eigenvalue weighted by atomic mass is 35.5. The second-order valence-electron chi connectivity index (χ2n) is 5.14. The highest BCUT2D eigenvalue weighted by molar-refractivity contribution is 6.31. The van der Waals surface area contributed by atoms with Gasteiger partial charge in [0.25, 0.3) is 0 Å². The largest absolute Gasteiger partial charge is 0.374 e. The van der Waals surface area contributed by atoms with E-state index in [4.69, 9.17) is 11.6 Å². The minimum Gasteiger partial charge on any atom is -0.374 e. The lowest BCUT2D eigenvalue weighted by Gasteiger charge is -2.16. The van der Waals surface area contributed by atoms with E-state index in [1.54, 1.807) is 31.2 Å². The summed E-state index contributed by atoms with van der Waals surface area (Å²) in [5.41, 5.74) is 2.20. The first-order valence-corrected chi connectivity index (χ1v) is 7.39. The lowest BCUT2D eigenvalue weighted by atomic mass is 10.2. The zero-order valence-corrected chi connectivity index (χ0v) is 13.2. The molecule has 0 aromatic heterocycles. The van der Waals surface area contributed by atoms with Crippen LogP contribution in [0.25, 0.3) is 0 Å². The van der Waals surface area contributed by atoms with E-state index < -0.39 is 6.04 Å². The molecular formula is C17H18ClFN2O. The quantitative estimate of drug-likeness (QED) is 0.877. The number of benzene rings is 2. The Balaban J connectivity index is 1.92. The van der Waals surface area contributed by atoms with E-state index in [0.717, 1.165) is 11.3 Å². The van der Waals surface area contributed by atoms with Gasteiger partial charge in [-0.15, -0.1) is 0 Å². The van der Waals surface area contributed by atoms with E-state index in [9.17, 15) is 9.18 Å². The van der Waals surface area contributed by atoms with Gasteiger partial charge in [-0.3, -0.25) is 4.79 Å². The molecule has 0 fully saturated rings. The van der Waals surface area contributed by atoms with E-state index in [-0.39, 0.29) is 18.3 Å². The first kappa shape index (κ1) is 16.3. The average molecular weight is 321 g/mol. The molecule has 0 radical (unpaired) electrons. The molecule has 1 unspecified atom stereocenters. The number of halogens is 2. The smallest absolute Gasteiger partial charge is 0.242 e. The second-order valence-corrected chi connectivity index (χ2v) is 5.55. The molecule has 0 saturated heterocycles. The Bertz CT molecular complexity index is 675. The molecule has 1 atom stereocenters. The fourth-order valence-corrected chi connectivity index (χ4v) is 2.16. The van der Waals surface area contributed by atoms with Crippen LogP contribution in [0, 0.1) is 12.7 Å². The number of nitrogens with one attached hydrogen (secondary N) is 2. The van der Waals surface area contributed by atoms with E-state index in [2.05, 4.69) is 10.6 Å². The molecule has 0 spiro atoms. The van der Waals surface area contributed by atoms with Crippen molar-refractivity contribution in [1.29, 1.82) is 0 Å². The maximum Gasteiger partial charge on any atom is 0.242 e. The normalized spacial score (nSPS) is 11.8. The van der Waals surface area contributed by atoms with E-state index in [0.29, 0.717) is 10.6 Å². The number of amides is 1. The number of hydrogen-bond acceptors (Lipinski definition) is 2. The van der Waals surface area contributed by atoms with Crippen LogP contribution in [0.2, 0.25) is 5.02 Å². The Morgan fingerprint density at radius 3 is 2.68 bits per heavy atom. The van der Waals surface area contributed by atoms with Crippen molar-refractivity contribution in [3.8, 4) is 0 Å². The third-order valence-electron chi connectivity index (χ3n) is 3.36. The topological polar surface area (TPSA) is 41.1 Å². The Morgan fingerprint density at radius 1 is 1.27 bits per heavy atom. The molecule has 0 saturated carbocycles. The number of carbonyl (C=O) groups is 1. The molecule has 2 aromatic rings. The van der Waals surface area contributed by atoms with Crippen LogP contribution in [0.15, 0.2) is 42.5 Å². The predicted octanol–water partition coefficient (Wildman–Crippen LogP) is 3.90. The summed E-state index contributed by atoms with van der Waals surface area (Å²) < 4.78 is 13.5. The lowest BCUT2D eigenvalue weighted by Crippen LogP contribution is -2.37. The monoisotopic (exact) mass is 320 g/mol. The standard InChI is InChI=1S/C17H18ClFN2O/c1-11-7-8-14(9-15(11)18)21-12(2)17(22)20-10-13-5-3-4-6-16(13)19/h3-9,12,21H,10H2,1-2H3,(H,20,22). The van der Waals surface area contributed by atoms with Crippen molar-refractivity contribution >= 4 is 23.2 Å². The molecule has 1 amide bonds. The second kappa shape index (κ2) is 7.27. The van der Waals surface area contributed by atoms with Gasteiger partial charge < -0.3 is 10.6 Å². The van der Waals surface area contributed by atoms with Gasteiger partial charge in [-0.2, -0.15) is 0 Å². The molecule has 5 heteroatoms. The number of carbonyl (C=O) groups excluding carboxylic acids is 1. The molecule has 22 heavy (non-hydrogen) atoms. The van der Waals surface area contributed by atoms with Crippen molar-refractivity contribution in [2.24, 2.45) is 0 Å². The van der Waals surface area contributed by atoms with Crippen LogP contribution in [0.1, 0.15) is 18.1 Å². The zero-order valence-electron chi connectivity index (χ0n) is 12.5. The molecule has 116 valence electrons. The van der Waals surface area contributed by atoms with Gasteiger partial charge in [0.1, 0.15) is 11.9 Å². The third-order valence-corrected chi connectivity index (χ3v) is 3.77. The van der Waals surface area contributed by atoms with Gasteiger partial charge in [0.15, 0.2) is 0 Å². The fourth-order valence-electron chi connectivity index (χ4n) is 1.98. The first-order valence-electron chi connectivity index (χ1n) is 7.01. The number of hydrogen-bond donors (Lipinski definition) is 2. The molecule has 0 aliphatic carbocycles. The summed E-state index contributed by atoms with van der Waals surface area (Å²) in [6, 6.07) is 11.4. The van der Waals surface area contributed by atoms with Crippen molar-refractivity contribution in [1.82, 2.24) is 5.32 Å². The van der Waals surface area contributed by atoms with Crippen molar-refractivity contribution in [3.63, 3.8) is 0 Å². The summed E-state index contributed by atoms with van der Waals surface area (Å²) in [7, 11) is 0. The van der Waals surface area contributed by atoms with Crippen LogP contribution in [0.3, 0.4) is 0 Å². The van der Waals surface area contributed by atoms with Gasteiger partial charge in [-0.1, -0.05) is 35.9 Å². The molecule has 0 aliphatic rings. The first-order chi connectivity index (χ1) is 10.5. The zero-order chi connectivity index (χ0) is 16.1. The van der Waals surface area contributed by atoms with Gasteiger partial charge in [0, 0.05) is 22.8 Å². The third kappa shape index (κ3) is 4.21. The van der Waals surface area contributed by atoms with E-state index in [1.165, 1.54) is 6.07 Å². The molecule has 0 bridgehead atoms. The molecule has 0 aliphatic heterocycles. The number of rotatable bonds is 5. The van der Waals surface area contributed by atoms with Crippen LogP contribution in [0.4, 0.5) is 10.1 Å². The van der Waals surface area contributed by atoms with Crippen molar-refractivity contribution in [2.75, 3.05) is 5.32 Å². The minimum atomic E-state index is -0.453. The van der Waals surface area contributed by atoms with Crippen LogP contribution in [-0.2, 0) is 11.3 Å². The summed E-state index contributed by atoms with van der Waals surface area (Å²) in [5, 5.41) is 6.42. The molecular weight excluding hydrogens is 303 g/mol. The van der Waals surface area contributed by atoms with Gasteiger partial charge in [-0.05, 0) is 37.6 Å². The van der Waals surface area contributed by atoms with E-state index >= 15 is 0 Å². The fraction of sp³-hybridized carbons (Fsp3) is 0.235. The number of aryl methyl sites for hydroxylation is 1. The lowest BCUT2D eigenvalue weighted by molar-refractivity contribution is -0.121. The van der Waals surface area contributed by atoms with Crippen molar-refractivity contribution in [2.45, 2.75) is 26.4 Å². The van der Waals surface area contributed by atoms with Crippen molar-refractivity contribution in [3.05, 3.63) is 64.4 Å². The highest BCUT2D eigenvalue weighted by Crippen LogP contribution is 2.20. The Hall–Kier alpha value is -2.07. The summed E-state index contributed by atoms with van der Waals surface area (Å²) >= 11 is 6.05. The van der Waals surface area contributed by atoms with Gasteiger partial charge in [-0.25, -0.2) is 4.39 Å². The highest BCUT2D eigenvalue weighted by Gasteiger charge is 2.13. The predicted molar refractivity (Wildman–Crippen MR) is 87.5 cm³/mol. The summed E-state index contributed by atoms with van der Waals surface area (Å²) in [5.74, 6) is -0.534. The van der Waals surface area contributed by atoms with Gasteiger partial charge in [0.05, 0.1) is 0 Å². The molecule has 2 rings (SSSR count). The van der Waals surface area contributed by atoms with Crippen LogP contribution in [-0.4, -0.2) is 11.9 Å². The summed E-state index contributed by atoms with van der Waals surface area (Å²) in [6.45, 7) is 3.81. The Kier molecular flexibility index (Phi) is 5.39. The van der Waals surface area contributed by atoms with Crippen molar-refractivity contribution < 1.29 is 9.18 Å². The maximum absolute atomic E-state index is 13.5. The maximum atomic E-state index is 13.5. The SMILES string of the molecule is Cc1ccc(NC(C)C(=O)NCc2ccccc2F)cc1Cl. The minimum absolute atomic E-state index is 0.159. The van der Waals surface area contributed by atoms with Crippen LogP contribution < -0.4 is 10.6 Å². The number of anilines is 1. The van der Waals surface area contributed by atoms with Gasteiger partial charge in [0.2, 0.25) is 5.91 Å². The Labute approximate surface area is 134 Å². The summed E-state index contributed by atoms with van der Waals surface area (Å²) in [4.78, 5) is 12.1. The molecule has 0 heterocycles.